The van der Waals surface area contributed by atoms with Crippen LogP contribution < -0.4 is 10.1 Å². The maximum atomic E-state index is 14.4. The average Bonchev–Trinajstić information content (AvgIpc) is 2.74. The van der Waals surface area contributed by atoms with Crippen LogP contribution in [0.2, 0.25) is 10.0 Å². The summed E-state index contributed by atoms with van der Waals surface area (Å²) in [6.45, 7) is 6.43. The van der Waals surface area contributed by atoms with E-state index in [0.717, 1.165) is 5.56 Å². The number of benzene rings is 2. The van der Waals surface area contributed by atoms with Crippen LogP contribution in [0.4, 0.5) is 10.2 Å². The van der Waals surface area contributed by atoms with Crippen LogP contribution in [0.1, 0.15) is 51.2 Å². The van der Waals surface area contributed by atoms with E-state index in [-0.39, 0.29) is 46.6 Å². The molecule has 0 aliphatic heterocycles. The van der Waals surface area contributed by atoms with Crippen LogP contribution in [-0.4, -0.2) is 16.6 Å². The smallest absolute Gasteiger partial charge is 0.237 e. The van der Waals surface area contributed by atoms with E-state index in [9.17, 15) is 9.50 Å². The van der Waals surface area contributed by atoms with Crippen molar-refractivity contribution in [1.29, 1.82) is 0 Å². The van der Waals surface area contributed by atoms with Crippen molar-refractivity contribution in [3.8, 4) is 17.2 Å². The molecule has 3 rings (SSSR count). The summed E-state index contributed by atoms with van der Waals surface area (Å²) in [4.78, 5) is 3.84. The van der Waals surface area contributed by atoms with Crippen molar-refractivity contribution in [3.05, 3.63) is 75.7 Å². The van der Waals surface area contributed by atoms with Gasteiger partial charge < -0.3 is 15.2 Å². The highest BCUT2D eigenvalue weighted by Crippen LogP contribution is 2.42. The molecule has 4 nitrogen and oxygen atoms in total. The molecule has 2 N–H and O–H groups in total. The Bertz CT molecular complexity index is 1030. The Hall–Kier alpha value is -2.50. The zero-order chi connectivity index (χ0) is 21.8. The van der Waals surface area contributed by atoms with E-state index >= 15 is 0 Å². The minimum Gasteiger partial charge on any atom is -0.508 e. The fourth-order valence-corrected chi connectivity index (χ4v) is 3.49. The first kappa shape index (κ1) is 24.8. The molecule has 0 bridgehead atoms. The molecule has 0 spiro atoms. The van der Waals surface area contributed by atoms with Gasteiger partial charge in [-0.3, -0.25) is 0 Å². The highest BCUT2D eigenvalue weighted by Gasteiger charge is 2.21. The highest BCUT2D eigenvalue weighted by atomic mass is 35.5. The predicted molar refractivity (Wildman–Crippen MR) is 127 cm³/mol. The van der Waals surface area contributed by atoms with Gasteiger partial charge >= 0.3 is 0 Å². The van der Waals surface area contributed by atoms with Crippen LogP contribution in [0, 0.1) is 5.95 Å². The Labute approximate surface area is 193 Å². The van der Waals surface area contributed by atoms with E-state index in [4.69, 9.17) is 27.9 Å². The number of hydrogen-bond acceptors (Lipinski definition) is 4. The van der Waals surface area contributed by atoms with Gasteiger partial charge in [0.2, 0.25) is 5.95 Å². The lowest BCUT2D eigenvalue weighted by atomic mass is 10.0. The van der Waals surface area contributed by atoms with Gasteiger partial charge in [-0.1, -0.05) is 81.7 Å². The van der Waals surface area contributed by atoms with E-state index in [2.05, 4.69) is 10.3 Å². The molecule has 0 fully saturated rings. The number of phenolic OH excluding ortho intramolecular Hbond substituents is 1. The third kappa shape index (κ3) is 5.81. The maximum absolute atomic E-state index is 14.4. The van der Waals surface area contributed by atoms with E-state index in [0.29, 0.717) is 17.9 Å². The van der Waals surface area contributed by atoms with Crippen molar-refractivity contribution in [2.75, 3.05) is 11.9 Å². The number of pyridine rings is 1. The molecule has 0 radical (unpaired) electrons. The van der Waals surface area contributed by atoms with Gasteiger partial charge in [0, 0.05) is 12.1 Å². The number of anilines is 1. The van der Waals surface area contributed by atoms with Gasteiger partial charge in [-0.25, -0.2) is 0 Å². The summed E-state index contributed by atoms with van der Waals surface area (Å²) in [6.07, 6.45) is 0. The predicted octanol–water partition coefficient (Wildman–Crippen LogP) is 8.00. The third-order valence-electron chi connectivity index (χ3n) is 4.78. The molecule has 2 aromatic carbocycles. The van der Waals surface area contributed by atoms with E-state index < -0.39 is 5.95 Å². The molecule has 7 heteroatoms. The fraction of sp³-hybridized carbons (Fsp3) is 0.292. The van der Waals surface area contributed by atoms with E-state index in [1.807, 2.05) is 51.1 Å². The van der Waals surface area contributed by atoms with Gasteiger partial charge in [0.15, 0.2) is 11.6 Å². The first-order valence-electron chi connectivity index (χ1n) is 9.62. The SMILES string of the molecule is C.CC(C)c1cc(Oc2c(Cl)c(F)nc(NC[C@H](C)c3ccccc3)c2Cl)ccc1O. The van der Waals surface area contributed by atoms with Crippen LogP contribution in [-0.2, 0) is 0 Å². The van der Waals surface area contributed by atoms with E-state index in [1.54, 1.807) is 12.1 Å². The Balaban J connectivity index is 0.00000341. The lowest BCUT2D eigenvalue weighted by Crippen LogP contribution is -2.12. The number of aromatic hydroxyl groups is 1. The van der Waals surface area contributed by atoms with Crippen LogP contribution in [0.15, 0.2) is 48.5 Å². The summed E-state index contributed by atoms with van der Waals surface area (Å²) < 4.78 is 20.2. The molecule has 1 heterocycles. The van der Waals surface area contributed by atoms with Crippen LogP contribution in [0.5, 0.6) is 17.2 Å². The maximum Gasteiger partial charge on any atom is 0.237 e. The van der Waals surface area contributed by atoms with Crippen molar-refractivity contribution >= 4 is 29.0 Å². The van der Waals surface area contributed by atoms with Gasteiger partial charge in [0.1, 0.15) is 21.5 Å². The minimum atomic E-state index is -0.881. The number of aromatic nitrogens is 1. The third-order valence-corrected chi connectivity index (χ3v) is 5.46. The summed E-state index contributed by atoms with van der Waals surface area (Å²) in [5.74, 6) is 0.0135. The van der Waals surface area contributed by atoms with Gasteiger partial charge in [-0.05, 0) is 35.6 Å². The quantitative estimate of drug-likeness (QED) is 0.347. The van der Waals surface area contributed by atoms with Crippen molar-refractivity contribution in [3.63, 3.8) is 0 Å². The van der Waals surface area contributed by atoms with Crippen LogP contribution in [0.25, 0.3) is 0 Å². The standard InChI is InChI=1S/C23H23Cl2FN2O2.CH4/c1-13(2)17-11-16(9-10-18(17)29)30-21-19(24)22(26)28-23(20(21)25)27-12-14(3)15-7-5-4-6-8-15;/h4-11,13-14,29H,12H2,1-3H3,(H,27,28);1H4/t14-;/m0./s1. The van der Waals surface area contributed by atoms with Crippen molar-refractivity contribution in [2.45, 2.75) is 40.0 Å². The van der Waals surface area contributed by atoms with E-state index in [1.165, 1.54) is 6.07 Å². The second kappa shape index (κ2) is 10.7. The van der Waals surface area contributed by atoms with Crippen molar-refractivity contribution in [2.24, 2.45) is 0 Å². The molecule has 166 valence electrons. The lowest BCUT2D eigenvalue weighted by Gasteiger charge is -2.17. The Morgan fingerprint density at radius 3 is 2.39 bits per heavy atom. The number of hydrogen-bond donors (Lipinski definition) is 2. The molecule has 3 aromatic rings. The summed E-state index contributed by atoms with van der Waals surface area (Å²) >= 11 is 12.5. The Kier molecular flexibility index (Phi) is 8.54. The molecule has 0 aliphatic rings. The lowest BCUT2D eigenvalue weighted by molar-refractivity contribution is 0.452. The molecular formula is C24H27Cl2FN2O2. The summed E-state index contributed by atoms with van der Waals surface area (Å²) in [5.41, 5.74) is 1.83. The molecule has 0 amide bonds. The largest absolute Gasteiger partial charge is 0.508 e. The number of ether oxygens (including phenoxy) is 1. The van der Waals surface area contributed by atoms with Crippen molar-refractivity contribution < 1.29 is 14.2 Å². The number of rotatable bonds is 7. The summed E-state index contributed by atoms with van der Waals surface area (Å²) in [7, 11) is 0. The summed E-state index contributed by atoms with van der Waals surface area (Å²) in [5, 5.41) is 12.9. The second-order valence-corrected chi connectivity index (χ2v) is 8.13. The summed E-state index contributed by atoms with van der Waals surface area (Å²) in [6, 6.07) is 14.7. The molecule has 1 aromatic heterocycles. The molecule has 1 atom stereocenters. The molecule has 0 saturated heterocycles. The zero-order valence-electron chi connectivity index (χ0n) is 16.9. The first-order chi connectivity index (χ1) is 14.3. The Morgan fingerprint density at radius 2 is 1.74 bits per heavy atom. The average molecular weight is 465 g/mol. The zero-order valence-corrected chi connectivity index (χ0v) is 18.4. The Morgan fingerprint density at radius 1 is 1.06 bits per heavy atom. The molecule has 31 heavy (non-hydrogen) atoms. The number of phenols is 1. The topological polar surface area (TPSA) is 54.4 Å². The molecule has 0 saturated carbocycles. The molecular weight excluding hydrogens is 438 g/mol. The van der Waals surface area contributed by atoms with Crippen LogP contribution >= 0.6 is 23.2 Å². The number of nitrogens with zero attached hydrogens (tertiary/aromatic N) is 1. The number of halogens is 3. The van der Waals surface area contributed by atoms with Gasteiger partial charge in [0.25, 0.3) is 0 Å². The second-order valence-electron chi connectivity index (χ2n) is 7.38. The van der Waals surface area contributed by atoms with Gasteiger partial charge in [0.05, 0.1) is 0 Å². The van der Waals surface area contributed by atoms with Crippen molar-refractivity contribution in [1.82, 2.24) is 4.98 Å². The first-order valence-corrected chi connectivity index (χ1v) is 10.4. The monoisotopic (exact) mass is 464 g/mol. The fourth-order valence-electron chi connectivity index (χ4n) is 3.03. The van der Waals surface area contributed by atoms with Crippen LogP contribution in [0.3, 0.4) is 0 Å². The minimum absolute atomic E-state index is 0. The normalized spacial score (nSPS) is 11.7. The van der Waals surface area contributed by atoms with Gasteiger partial charge in [-0.15, -0.1) is 0 Å². The number of nitrogens with one attached hydrogen (secondary N) is 1. The van der Waals surface area contributed by atoms with Gasteiger partial charge in [-0.2, -0.15) is 9.37 Å². The highest BCUT2D eigenvalue weighted by molar-refractivity contribution is 6.38. The molecule has 0 aliphatic carbocycles. The molecule has 0 unspecified atom stereocenters.